The molecule has 0 saturated carbocycles. The van der Waals surface area contributed by atoms with Gasteiger partial charge in [-0.25, -0.2) is 13.4 Å². The summed E-state index contributed by atoms with van der Waals surface area (Å²) in [6, 6.07) is 3.32. The molecule has 0 radical (unpaired) electrons. The fourth-order valence-electron chi connectivity index (χ4n) is 1.07. The molecule has 1 aromatic heterocycles. The number of rotatable bonds is 6. The van der Waals surface area contributed by atoms with Crippen molar-refractivity contribution >= 4 is 43.2 Å². The summed E-state index contributed by atoms with van der Waals surface area (Å²) in [6.45, 7) is 0. The summed E-state index contributed by atoms with van der Waals surface area (Å²) >= 11 is 8.65. The Kier molecular flexibility index (Phi) is 5.51. The molecule has 90 valence electrons. The molecule has 1 N–H and O–H groups in total. The van der Waals surface area contributed by atoms with Gasteiger partial charge in [-0.1, -0.05) is 0 Å². The maximum atomic E-state index is 11.6. The van der Waals surface area contributed by atoms with Crippen molar-refractivity contribution in [3.05, 3.63) is 22.9 Å². The van der Waals surface area contributed by atoms with E-state index < -0.39 is 10.0 Å². The van der Waals surface area contributed by atoms with Gasteiger partial charge in [-0.3, -0.25) is 4.72 Å². The second-order valence-corrected chi connectivity index (χ2v) is 6.13. The number of anilines is 1. The smallest absolute Gasteiger partial charge is 0.232 e. The average Bonchev–Trinajstić information content (AvgIpc) is 2.21. The van der Waals surface area contributed by atoms with Gasteiger partial charge in [0.2, 0.25) is 10.0 Å². The molecule has 16 heavy (non-hydrogen) atoms. The van der Waals surface area contributed by atoms with Crippen LogP contribution >= 0.6 is 27.5 Å². The highest BCUT2D eigenvalue weighted by Gasteiger charge is 2.11. The molecular formula is C9H12BrClN2O2S. The lowest BCUT2D eigenvalue weighted by atomic mass is 10.4. The van der Waals surface area contributed by atoms with E-state index >= 15 is 0 Å². The maximum absolute atomic E-state index is 11.6. The van der Waals surface area contributed by atoms with Crippen LogP contribution in [0.2, 0.25) is 0 Å². The molecule has 0 saturated heterocycles. The zero-order chi connectivity index (χ0) is 12.0. The Balaban J connectivity index is 2.63. The van der Waals surface area contributed by atoms with E-state index in [2.05, 4.69) is 25.6 Å². The van der Waals surface area contributed by atoms with E-state index in [1.807, 2.05) is 0 Å². The number of halogens is 2. The van der Waals surface area contributed by atoms with Gasteiger partial charge in [0, 0.05) is 12.1 Å². The van der Waals surface area contributed by atoms with Gasteiger partial charge in [-0.15, -0.1) is 11.6 Å². The van der Waals surface area contributed by atoms with Gasteiger partial charge < -0.3 is 0 Å². The minimum Gasteiger partial charge on any atom is -0.281 e. The van der Waals surface area contributed by atoms with Crippen LogP contribution in [-0.2, 0) is 10.0 Å². The molecule has 0 amide bonds. The lowest BCUT2D eigenvalue weighted by Crippen LogP contribution is -2.17. The van der Waals surface area contributed by atoms with Crippen molar-refractivity contribution < 1.29 is 8.42 Å². The van der Waals surface area contributed by atoms with E-state index in [0.717, 1.165) is 0 Å². The highest BCUT2D eigenvalue weighted by Crippen LogP contribution is 2.19. The summed E-state index contributed by atoms with van der Waals surface area (Å²) in [5.41, 5.74) is 0.452. The SMILES string of the molecule is O=S(=O)(CCCCCl)Nc1cccnc1Br. The lowest BCUT2D eigenvalue weighted by molar-refractivity contribution is 0.598. The van der Waals surface area contributed by atoms with Crippen LogP contribution in [0.3, 0.4) is 0 Å². The molecule has 7 heteroatoms. The standard InChI is InChI=1S/C9H12BrClN2O2S/c10-9-8(4-3-6-12-9)13-16(14,15)7-2-1-5-11/h3-4,6,13H,1-2,5,7H2. The maximum Gasteiger partial charge on any atom is 0.232 e. The Morgan fingerprint density at radius 3 is 2.81 bits per heavy atom. The van der Waals surface area contributed by atoms with Crippen LogP contribution < -0.4 is 4.72 Å². The molecule has 0 atom stereocenters. The highest BCUT2D eigenvalue weighted by molar-refractivity contribution is 9.10. The molecule has 0 aromatic carbocycles. The van der Waals surface area contributed by atoms with Crippen molar-refractivity contribution in [3.63, 3.8) is 0 Å². The van der Waals surface area contributed by atoms with Crippen LogP contribution in [0, 0.1) is 0 Å². The summed E-state index contributed by atoms with van der Waals surface area (Å²) in [5, 5.41) is 0. The van der Waals surface area contributed by atoms with Crippen molar-refractivity contribution in [2.75, 3.05) is 16.4 Å². The molecule has 1 aromatic rings. The Hall–Kier alpha value is -0.330. The van der Waals surface area contributed by atoms with Crippen LogP contribution in [0.1, 0.15) is 12.8 Å². The van der Waals surface area contributed by atoms with Gasteiger partial charge in [0.1, 0.15) is 4.60 Å². The van der Waals surface area contributed by atoms with Gasteiger partial charge in [0.15, 0.2) is 0 Å². The van der Waals surface area contributed by atoms with Crippen molar-refractivity contribution in [1.29, 1.82) is 0 Å². The molecule has 0 bridgehead atoms. The van der Waals surface area contributed by atoms with Crippen molar-refractivity contribution in [1.82, 2.24) is 4.98 Å². The van der Waals surface area contributed by atoms with Gasteiger partial charge >= 0.3 is 0 Å². The third kappa shape index (κ3) is 4.67. The molecule has 4 nitrogen and oxygen atoms in total. The molecule has 0 spiro atoms. The van der Waals surface area contributed by atoms with E-state index in [9.17, 15) is 8.42 Å². The molecule has 0 fully saturated rings. The minimum absolute atomic E-state index is 0.0705. The van der Waals surface area contributed by atoms with Crippen LogP contribution in [0.4, 0.5) is 5.69 Å². The summed E-state index contributed by atoms with van der Waals surface area (Å²) in [5.74, 6) is 0.549. The number of aromatic nitrogens is 1. The van der Waals surface area contributed by atoms with E-state index in [1.54, 1.807) is 18.3 Å². The zero-order valence-electron chi connectivity index (χ0n) is 8.49. The number of pyridine rings is 1. The first-order valence-corrected chi connectivity index (χ1v) is 7.70. The Bertz CT molecular complexity index is 439. The minimum atomic E-state index is -3.31. The molecule has 0 aliphatic rings. The number of unbranched alkanes of at least 4 members (excludes halogenated alkanes) is 1. The normalized spacial score (nSPS) is 11.4. The molecule has 0 aliphatic heterocycles. The van der Waals surface area contributed by atoms with Crippen LogP contribution in [0.5, 0.6) is 0 Å². The van der Waals surface area contributed by atoms with E-state index in [-0.39, 0.29) is 5.75 Å². The number of nitrogens with one attached hydrogen (secondary N) is 1. The summed E-state index contributed by atoms with van der Waals surface area (Å²) < 4.78 is 26.2. The zero-order valence-corrected chi connectivity index (χ0v) is 11.6. The second kappa shape index (κ2) is 6.42. The summed E-state index contributed by atoms with van der Waals surface area (Å²) in [4.78, 5) is 3.93. The van der Waals surface area contributed by atoms with Crippen molar-refractivity contribution in [2.45, 2.75) is 12.8 Å². The summed E-state index contributed by atoms with van der Waals surface area (Å²) in [7, 11) is -3.31. The van der Waals surface area contributed by atoms with Gasteiger partial charge in [-0.05, 0) is 40.9 Å². The molecule has 1 heterocycles. The second-order valence-electron chi connectivity index (χ2n) is 3.16. The van der Waals surface area contributed by atoms with Crippen LogP contribution in [-0.4, -0.2) is 25.0 Å². The van der Waals surface area contributed by atoms with E-state index in [0.29, 0.717) is 29.0 Å². The van der Waals surface area contributed by atoms with Crippen molar-refractivity contribution in [2.24, 2.45) is 0 Å². The molecular weight excluding hydrogens is 316 g/mol. The van der Waals surface area contributed by atoms with E-state index in [1.165, 1.54) is 0 Å². The first kappa shape index (κ1) is 13.7. The van der Waals surface area contributed by atoms with Crippen LogP contribution in [0.15, 0.2) is 22.9 Å². The Morgan fingerprint density at radius 2 is 2.19 bits per heavy atom. The number of alkyl halides is 1. The predicted molar refractivity (Wildman–Crippen MR) is 69.3 cm³/mol. The fraction of sp³-hybridized carbons (Fsp3) is 0.444. The number of hydrogen-bond donors (Lipinski definition) is 1. The lowest BCUT2D eigenvalue weighted by Gasteiger charge is -2.08. The topological polar surface area (TPSA) is 59.1 Å². The van der Waals surface area contributed by atoms with Crippen LogP contribution in [0.25, 0.3) is 0 Å². The van der Waals surface area contributed by atoms with E-state index in [4.69, 9.17) is 11.6 Å². The molecule has 1 rings (SSSR count). The summed E-state index contributed by atoms with van der Waals surface area (Å²) in [6.07, 6.45) is 2.82. The number of nitrogens with zero attached hydrogens (tertiary/aromatic N) is 1. The van der Waals surface area contributed by atoms with Gasteiger partial charge in [0.05, 0.1) is 11.4 Å². The highest BCUT2D eigenvalue weighted by atomic mass is 79.9. The Morgan fingerprint density at radius 1 is 1.44 bits per heavy atom. The molecule has 0 aliphatic carbocycles. The predicted octanol–water partition coefficient (Wildman–Crippen LogP) is 2.60. The fourth-order valence-corrected chi connectivity index (χ4v) is 2.92. The first-order valence-electron chi connectivity index (χ1n) is 4.72. The third-order valence-electron chi connectivity index (χ3n) is 1.82. The molecule has 0 unspecified atom stereocenters. The number of sulfonamides is 1. The number of hydrogen-bond acceptors (Lipinski definition) is 3. The third-order valence-corrected chi connectivity index (χ3v) is 4.08. The monoisotopic (exact) mass is 326 g/mol. The van der Waals surface area contributed by atoms with Crippen molar-refractivity contribution in [3.8, 4) is 0 Å². The quantitative estimate of drug-likeness (QED) is 0.496. The first-order chi connectivity index (χ1) is 7.55. The van der Waals surface area contributed by atoms with Gasteiger partial charge in [0.25, 0.3) is 0 Å². The average molecular weight is 328 g/mol. The Labute approximate surface area is 109 Å². The largest absolute Gasteiger partial charge is 0.281 e. The van der Waals surface area contributed by atoms with Gasteiger partial charge in [-0.2, -0.15) is 0 Å².